The van der Waals surface area contributed by atoms with Gasteiger partial charge in [-0.1, -0.05) is 35.4 Å². The standard InChI is InChI=1S/C14H11Cl2NO4/c15-7-2-1-6(5-8(7)16)17-13(18)11-9-3-4-10(21-9)12(11)14(19)20/h1-5,9-12H,(H,17,18)(H,19,20)/t9-,10+,11-,12+/m1/s1. The second-order valence-corrected chi connectivity index (χ2v) is 5.77. The summed E-state index contributed by atoms with van der Waals surface area (Å²) in [6.45, 7) is 0. The average molecular weight is 328 g/mol. The number of carboxylic acids is 1. The third kappa shape index (κ3) is 2.52. The number of fused-ring (bicyclic) bond motifs is 2. The zero-order valence-electron chi connectivity index (χ0n) is 10.6. The smallest absolute Gasteiger partial charge is 0.310 e. The lowest BCUT2D eigenvalue weighted by Gasteiger charge is -2.21. The number of hydrogen-bond acceptors (Lipinski definition) is 3. The molecule has 0 saturated carbocycles. The molecule has 2 heterocycles. The molecule has 0 radical (unpaired) electrons. The third-order valence-electron chi connectivity index (χ3n) is 3.67. The number of benzene rings is 1. The fourth-order valence-electron chi connectivity index (χ4n) is 2.71. The Labute approximate surface area is 130 Å². The van der Waals surface area contributed by atoms with Crippen molar-refractivity contribution in [3.05, 3.63) is 40.4 Å². The van der Waals surface area contributed by atoms with Crippen molar-refractivity contribution in [2.75, 3.05) is 5.32 Å². The first-order valence-electron chi connectivity index (χ1n) is 6.30. The molecule has 5 nitrogen and oxygen atoms in total. The van der Waals surface area contributed by atoms with Crippen molar-refractivity contribution in [2.45, 2.75) is 12.2 Å². The molecule has 110 valence electrons. The largest absolute Gasteiger partial charge is 0.481 e. The van der Waals surface area contributed by atoms with Crippen LogP contribution in [0.4, 0.5) is 5.69 Å². The zero-order valence-corrected chi connectivity index (χ0v) is 12.1. The van der Waals surface area contributed by atoms with E-state index in [2.05, 4.69) is 5.32 Å². The fraction of sp³-hybridized carbons (Fsp3) is 0.286. The van der Waals surface area contributed by atoms with Gasteiger partial charge in [0.2, 0.25) is 5.91 Å². The van der Waals surface area contributed by atoms with Crippen LogP contribution in [0.3, 0.4) is 0 Å². The van der Waals surface area contributed by atoms with Crippen molar-refractivity contribution < 1.29 is 19.4 Å². The second-order valence-electron chi connectivity index (χ2n) is 4.96. The molecule has 0 aliphatic carbocycles. The molecule has 1 saturated heterocycles. The summed E-state index contributed by atoms with van der Waals surface area (Å²) in [5, 5.41) is 12.6. The minimum atomic E-state index is -1.04. The van der Waals surface area contributed by atoms with E-state index in [1.54, 1.807) is 24.3 Å². The highest BCUT2D eigenvalue weighted by atomic mass is 35.5. The van der Waals surface area contributed by atoms with Crippen LogP contribution in [0.25, 0.3) is 0 Å². The number of amides is 1. The predicted octanol–water partition coefficient (Wildman–Crippen LogP) is 2.59. The number of ether oxygens (including phenoxy) is 1. The Morgan fingerprint density at radius 3 is 2.38 bits per heavy atom. The number of aliphatic carboxylic acids is 1. The highest BCUT2D eigenvalue weighted by Gasteiger charge is 2.53. The van der Waals surface area contributed by atoms with Crippen LogP contribution in [0.15, 0.2) is 30.4 Å². The van der Waals surface area contributed by atoms with Crippen LogP contribution in [0, 0.1) is 11.8 Å². The first-order valence-corrected chi connectivity index (χ1v) is 7.05. The number of anilines is 1. The van der Waals surface area contributed by atoms with Gasteiger partial charge in [-0.3, -0.25) is 9.59 Å². The van der Waals surface area contributed by atoms with Gasteiger partial charge in [-0.25, -0.2) is 0 Å². The van der Waals surface area contributed by atoms with Gasteiger partial charge in [0.1, 0.15) is 5.92 Å². The van der Waals surface area contributed by atoms with E-state index in [1.165, 1.54) is 6.07 Å². The van der Waals surface area contributed by atoms with Crippen LogP contribution < -0.4 is 5.32 Å². The van der Waals surface area contributed by atoms with Crippen molar-refractivity contribution in [2.24, 2.45) is 11.8 Å². The van der Waals surface area contributed by atoms with Crippen molar-refractivity contribution in [1.29, 1.82) is 0 Å². The number of hydrogen-bond donors (Lipinski definition) is 2. The Hall–Kier alpha value is -1.56. The van der Waals surface area contributed by atoms with Crippen LogP contribution in [0.5, 0.6) is 0 Å². The molecule has 1 amide bonds. The van der Waals surface area contributed by atoms with Gasteiger partial charge < -0.3 is 15.2 Å². The van der Waals surface area contributed by atoms with Gasteiger partial charge in [0, 0.05) is 5.69 Å². The Morgan fingerprint density at radius 1 is 1.10 bits per heavy atom. The molecule has 7 heteroatoms. The summed E-state index contributed by atoms with van der Waals surface area (Å²) >= 11 is 11.7. The molecule has 4 atom stereocenters. The minimum Gasteiger partial charge on any atom is -0.481 e. The molecule has 3 rings (SSSR count). The van der Waals surface area contributed by atoms with Gasteiger partial charge in [-0.2, -0.15) is 0 Å². The second kappa shape index (κ2) is 5.33. The molecule has 0 aromatic heterocycles. The van der Waals surface area contributed by atoms with E-state index in [0.717, 1.165) is 0 Å². The molecule has 21 heavy (non-hydrogen) atoms. The fourth-order valence-corrected chi connectivity index (χ4v) is 3.01. The number of rotatable bonds is 3. The number of halogens is 2. The monoisotopic (exact) mass is 327 g/mol. The van der Waals surface area contributed by atoms with Gasteiger partial charge >= 0.3 is 5.97 Å². The van der Waals surface area contributed by atoms with Crippen molar-refractivity contribution in [1.82, 2.24) is 0 Å². The van der Waals surface area contributed by atoms with Crippen molar-refractivity contribution in [3.63, 3.8) is 0 Å². The highest BCUT2D eigenvalue weighted by molar-refractivity contribution is 6.42. The number of carboxylic acid groups (broad SMARTS) is 1. The minimum absolute atomic E-state index is 0.313. The third-order valence-corrected chi connectivity index (χ3v) is 4.41. The summed E-state index contributed by atoms with van der Waals surface area (Å²) in [5.74, 6) is -3.08. The lowest BCUT2D eigenvalue weighted by atomic mass is 9.82. The van der Waals surface area contributed by atoms with Crippen LogP contribution >= 0.6 is 23.2 Å². The molecule has 2 bridgehead atoms. The van der Waals surface area contributed by atoms with Crippen molar-refractivity contribution >= 4 is 40.8 Å². The quantitative estimate of drug-likeness (QED) is 0.836. The molecule has 2 N–H and O–H groups in total. The topological polar surface area (TPSA) is 75.6 Å². The molecule has 0 unspecified atom stereocenters. The zero-order chi connectivity index (χ0) is 15.1. The summed E-state index contributed by atoms with van der Waals surface area (Å²) in [6, 6.07) is 4.68. The van der Waals surface area contributed by atoms with E-state index < -0.39 is 35.9 Å². The van der Waals surface area contributed by atoms with E-state index in [-0.39, 0.29) is 0 Å². The normalized spacial score (nSPS) is 29.6. The summed E-state index contributed by atoms with van der Waals surface area (Å²) in [7, 11) is 0. The predicted molar refractivity (Wildman–Crippen MR) is 77.5 cm³/mol. The average Bonchev–Trinajstić information content (AvgIpc) is 3.03. The lowest BCUT2D eigenvalue weighted by molar-refractivity contribution is -0.145. The maximum absolute atomic E-state index is 12.4. The van der Waals surface area contributed by atoms with Crippen molar-refractivity contribution in [3.8, 4) is 0 Å². The Bertz CT molecular complexity index is 646. The molecule has 1 aromatic carbocycles. The lowest BCUT2D eigenvalue weighted by Crippen LogP contribution is -2.39. The molecule has 2 aliphatic rings. The first-order chi connectivity index (χ1) is 9.97. The van der Waals surface area contributed by atoms with E-state index in [4.69, 9.17) is 27.9 Å². The van der Waals surface area contributed by atoms with Gasteiger partial charge in [0.25, 0.3) is 0 Å². The van der Waals surface area contributed by atoms with E-state index in [0.29, 0.717) is 15.7 Å². The van der Waals surface area contributed by atoms with Crippen LogP contribution in [-0.4, -0.2) is 29.2 Å². The van der Waals surface area contributed by atoms with Crippen LogP contribution in [0.2, 0.25) is 10.0 Å². The summed E-state index contributed by atoms with van der Waals surface area (Å²) < 4.78 is 5.46. The van der Waals surface area contributed by atoms with E-state index in [1.807, 2.05) is 0 Å². The van der Waals surface area contributed by atoms with Crippen LogP contribution in [-0.2, 0) is 14.3 Å². The van der Waals surface area contributed by atoms with Gasteiger partial charge in [-0.05, 0) is 18.2 Å². The van der Waals surface area contributed by atoms with E-state index >= 15 is 0 Å². The summed E-state index contributed by atoms with van der Waals surface area (Å²) in [4.78, 5) is 23.7. The molecule has 2 aliphatic heterocycles. The summed E-state index contributed by atoms with van der Waals surface area (Å²) in [5.41, 5.74) is 0.463. The molecular formula is C14H11Cl2NO4. The molecule has 0 spiro atoms. The maximum atomic E-state index is 12.4. The van der Waals surface area contributed by atoms with E-state index in [9.17, 15) is 14.7 Å². The first kappa shape index (κ1) is 14.4. The molecular weight excluding hydrogens is 317 g/mol. The van der Waals surface area contributed by atoms with Gasteiger partial charge in [0.15, 0.2) is 0 Å². The summed E-state index contributed by atoms with van der Waals surface area (Å²) in [6.07, 6.45) is 2.37. The SMILES string of the molecule is O=C(O)[C@@H]1[C@H](C(=O)Nc2ccc(Cl)c(Cl)c2)[C@H]2C=C[C@@H]1O2. The van der Waals surface area contributed by atoms with Crippen LogP contribution in [0.1, 0.15) is 0 Å². The van der Waals surface area contributed by atoms with Gasteiger partial charge in [0.05, 0.1) is 28.2 Å². The van der Waals surface area contributed by atoms with Gasteiger partial charge in [-0.15, -0.1) is 0 Å². The Kier molecular flexibility index (Phi) is 3.65. The maximum Gasteiger partial charge on any atom is 0.310 e. The number of carbonyl (C=O) groups is 2. The number of carbonyl (C=O) groups excluding carboxylic acids is 1. The molecule has 1 aromatic rings. The Morgan fingerprint density at radius 2 is 1.76 bits per heavy atom. The highest BCUT2D eigenvalue weighted by Crippen LogP contribution is 2.40. The Balaban J connectivity index is 1.80. The number of nitrogens with one attached hydrogen (secondary N) is 1. The molecule has 1 fully saturated rings.